The SMILES string of the molecule is C=C(C)C(=O)Oc1ccccc1N=Nc1ccccc1OC(=O)C(=C)C. The van der Waals surface area contributed by atoms with E-state index in [4.69, 9.17) is 9.47 Å². The Labute approximate surface area is 151 Å². The Morgan fingerprint density at radius 2 is 1.08 bits per heavy atom. The molecule has 26 heavy (non-hydrogen) atoms. The normalized spacial score (nSPS) is 10.4. The van der Waals surface area contributed by atoms with E-state index >= 15 is 0 Å². The van der Waals surface area contributed by atoms with Crippen LogP contribution in [0.5, 0.6) is 11.5 Å². The molecule has 0 saturated heterocycles. The number of carbonyl (C=O) groups excluding carboxylic acids is 2. The Morgan fingerprint density at radius 1 is 0.731 bits per heavy atom. The largest absolute Gasteiger partial charge is 0.421 e. The van der Waals surface area contributed by atoms with E-state index in [0.29, 0.717) is 11.4 Å². The lowest BCUT2D eigenvalue weighted by atomic mass is 10.3. The first-order valence-corrected chi connectivity index (χ1v) is 7.73. The van der Waals surface area contributed by atoms with Crippen molar-refractivity contribution in [2.45, 2.75) is 13.8 Å². The van der Waals surface area contributed by atoms with Gasteiger partial charge in [0.2, 0.25) is 0 Å². The topological polar surface area (TPSA) is 77.3 Å². The van der Waals surface area contributed by atoms with Crippen LogP contribution in [0.3, 0.4) is 0 Å². The molecule has 0 saturated carbocycles. The highest BCUT2D eigenvalue weighted by Crippen LogP contribution is 2.32. The average molecular weight is 350 g/mol. The van der Waals surface area contributed by atoms with Crippen molar-refractivity contribution in [3.05, 3.63) is 72.8 Å². The Kier molecular flexibility index (Phi) is 6.16. The van der Waals surface area contributed by atoms with Crippen molar-refractivity contribution in [3.8, 4) is 11.5 Å². The van der Waals surface area contributed by atoms with E-state index in [9.17, 15) is 9.59 Å². The molecule has 0 unspecified atom stereocenters. The predicted molar refractivity (Wildman–Crippen MR) is 98.0 cm³/mol. The third kappa shape index (κ3) is 4.98. The summed E-state index contributed by atoms with van der Waals surface area (Å²) in [6, 6.07) is 13.4. The lowest BCUT2D eigenvalue weighted by Gasteiger charge is -2.07. The minimum absolute atomic E-state index is 0.251. The number of carbonyl (C=O) groups is 2. The molecule has 0 radical (unpaired) electrons. The van der Waals surface area contributed by atoms with Crippen LogP contribution in [0, 0.1) is 0 Å². The quantitative estimate of drug-likeness (QED) is 0.315. The number of esters is 2. The molecule has 0 aliphatic carbocycles. The van der Waals surface area contributed by atoms with Crippen LogP contribution in [0.2, 0.25) is 0 Å². The van der Waals surface area contributed by atoms with Gasteiger partial charge in [-0.3, -0.25) is 0 Å². The molecule has 0 amide bonds. The first-order valence-electron chi connectivity index (χ1n) is 7.73. The minimum atomic E-state index is -0.552. The van der Waals surface area contributed by atoms with Crippen molar-refractivity contribution in [2.75, 3.05) is 0 Å². The number of nitrogens with zero attached hydrogens (tertiary/aromatic N) is 2. The molecule has 2 aromatic carbocycles. The van der Waals surface area contributed by atoms with Gasteiger partial charge in [-0.2, -0.15) is 0 Å². The van der Waals surface area contributed by atoms with E-state index in [1.807, 2.05) is 0 Å². The van der Waals surface area contributed by atoms with Crippen molar-refractivity contribution >= 4 is 23.3 Å². The predicted octanol–water partition coefficient (Wildman–Crippen LogP) is 5.07. The fourth-order valence-corrected chi connectivity index (χ4v) is 1.73. The van der Waals surface area contributed by atoms with Crippen LogP contribution in [0.25, 0.3) is 0 Å². The number of hydrogen-bond acceptors (Lipinski definition) is 6. The lowest BCUT2D eigenvalue weighted by Crippen LogP contribution is -2.08. The zero-order valence-electron chi connectivity index (χ0n) is 14.6. The van der Waals surface area contributed by atoms with Crippen molar-refractivity contribution in [1.29, 1.82) is 0 Å². The van der Waals surface area contributed by atoms with Crippen molar-refractivity contribution in [1.82, 2.24) is 0 Å². The van der Waals surface area contributed by atoms with E-state index in [1.165, 1.54) is 0 Å². The van der Waals surface area contributed by atoms with E-state index < -0.39 is 11.9 Å². The lowest BCUT2D eigenvalue weighted by molar-refractivity contribution is -0.130. The van der Waals surface area contributed by atoms with E-state index in [1.54, 1.807) is 62.4 Å². The Bertz CT molecular complexity index is 827. The van der Waals surface area contributed by atoms with Gasteiger partial charge in [-0.05, 0) is 38.1 Å². The fourth-order valence-electron chi connectivity index (χ4n) is 1.73. The number of benzene rings is 2. The molecule has 0 atom stereocenters. The van der Waals surface area contributed by atoms with Crippen molar-refractivity contribution < 1.29 is 19.1 Å². The maximum atomic E-state index is 11.7. The fraction of sp³-hybridized carbons (Fsp3) is 0.100. The third-order valence-electron chi connectivity index (χ3n) is 3.10. The van der Waals surface area contributed by atoms with Gasteiger partial charge in [0.1, 0.15) is 11.4 Å². The highest BCUT2D eigenvalue weighted by Gasteiger charge is 2.11. The molecule has 0 aliphatic rings. The second-order valence-corrected chi connectivity index (χ2v) is 5.48. The molecule has 0 aromatic heterocycles. The van der Waals surface area contributed by atoms with Gasteiger partial charge in [-0.15, -0.1) is 10.2 Å². The molecule has 0 bridgehead atoms. The van der Waals surface area contributed by atoms with Crippen LogP contribution < -0.4 is 9.47 Å². The Hall–Kier alpha value is -3.54. The van der Waals surface area contributed by atoms with Gasteiger partial charge in [-0.1, -0.05) is 37.4 Å². The second kappa shape index (κ2) is 8.53. The summed E-state index contributed by atoms with van der Waals surface area (Å²) in [5.74, 6) is -0.604. The molecule has 6 nitrogen and oxygen atoms in total. The number of ether oxygens (including phenoxy) is 2. The van der Waals surface area contributed by atoms with Gasteiger partial charge in [0.15, 0.2) is 11.5 Å². The molecule has 0 fully saturated rings. The molecule has 2 aromatic rings. The van der Waals surface area contributed by atoms with E-state index in [0.717, 1.165) is 0 Å². The molecule has 2 rings (SSSR count). The summed E-state index contributed by atoms with van der Waals surface area (Å²) in [6.45, 7) is 10.2. The van der Waals surface area contributed by atoms with Gasteiger partial charge in [0.05, 0.1) is 0 Å². The standard InChI is InChI=1S/C20H18N2O4/c1-13(2)19(23)25-17-11-7-5-9-15(17)21-22-16-10-6-8-12-18(16)26-20(24)14(3)4/h5-12H,1,3H2,2,4H3. The first kappa shape index (κ1) is 18.8. The number of rotatable bonds is 6. The van der Waals surface area contributed by atoms with Crippen LogP contribution >= 0.6 is 0 Å². The van der Waals surface area contributed by atoms with Crippen molar-refractivity contribution in [2.24, 2.45) is 10.2 Å². The molecule has 6 heteroatoms. The molecule has 0 heterocycles. The van der Waals surface area contributed by atoms with E-state index in [-0.39, 0.29) is 22.6 Å². The maximum Gasteiger partial charge on any atom is 0.338 e. The van der Waals surface area contributed by atoms with Crippen LogP contribution in [-0.4, -0.2) is 11.9 Å². The molecule has 0 N–H and O–H groups in total. The maximum absolute atomic E-state index is 11.7. The van der Waals surface area contributed by atoms with Crippen LogP contribution in [-0.2, 0) is 9.59 Å². The highest BCUT2D eigenvalue weighted by atomic mass is 16.5. The minimum Gasteiger partial charge on any atom is -0.421 e. The molecule has 0 spiro atoms. The van der Waals surface area contributed by atoms with Gasteiger partial charge in [-0.25, -0.2) is 9.59 Å². The third-order valence-corrected chi connectivity index (χ3v) is 3.10. The molecule has 132 valence electrons. The van der Waals surface area contributed by atoms with E-state index in [2.05, 4.69) is 23.4 Å². The van der Waals surface area contributed by atoms with Crippen LogP contribution in [0.15, 0.2) is 83.1 Å². The van der Waals surface area contributed by atoms with Gasteiger partial charge < -0.3 is 9.47 Å². The number of hydrogen-bond donors (Lipinski definition) is 0. The zero-order valence-corrected chi connectivity index (χ0v) is 14.6. The van der Waals surface area contributed by atoms with Crippen LogP contribution in [0.1, 0.15) is 13.8 Å². The molecule has 0 aliphatic heterocycles. The summed E-state index contributed by atoms with van der Waals surface area (Å²) in [4.78, 5) is 23.4. The highest BCUT2D eigenvalue weighted by molar-refractivity contribution is 5.90. The Balaban J connectivity index is 2.28. The monoisotopic (exact) mass is 350 g/mol. The van der Waals surface area contributed by atoms with Gasteiger partial charge in [0, 0.05) is 11.1 Å². The summed E-state index contributed by atoms with van der Waals surface area (Å²) < 4.78 is 10.5. The van der Waals surface area contributed by atoms with Crippen LogP contribution in [0.4, 0.5) is 11.4 Å². The first-order chi connectivity index (χ1) is 12.4. The summed E-state index contributed by atoms with van der Waals surface area (Å²) in [7, 11) is 0. The van der Waals surface area contributed by atoms with Gasteiger partial charge in [0.25, 0.3) is 0 Å². The average Bonchev–Trinajstić information content (AvgIpc) is 2.61. The summed E-state index contributed by atoms with van der Waals surface area (Å²) in [5, 5.41) is 8.21. The zero-order chi connectivity index (χ0) is 19.1. The number of para-hydroxylation sites is 2. The molecular formula is C20H18N2O4. The van der Waals surface area contributed by atoms with Crippen molar-refractivity contribution in [3.63, 3.8) is 0 Å². The number of azo groups is 1. The second-order valence-electron chi connectivity index (χ2n) is 5.48. The summed E-state index contributed by atoms with van der Waals surface area (Å²) >= 11 is 0. The summed E-state index contributed by atoms with van der Waals surface area (Å²) in [5.41, 5.74) is 1.24. The molecular weight excluding hydrogens is 332 g/mol. The summed E-state index contributed by atoms with van der Waals surface area (Å²) in [6.07, 6.45) is 0. The smallest absolute Gasteiger partial charge is 0.338 e. The Morgan fingerprint density at radius 3 is 1.42 bits per heavy atom. The van der Waals surface area contributed by atoms with Gasteiger partial charge >= 0.3 is 11.9 Å².